The van der Waals surface area contributed by atoms with Crippen molar-refractivity contribution < 1.29 is 4.79 Å². The van der Waals surface area contributed by atoms with E-state index in [4.69, 9.17) is 0 Å². The molecule has 2 rings (SSSR count). The molecule has 1 aromatic carbocycles. The summed E-state index contributed by atoms with van der Waals surface area (Å²) >= 11 is 1.64. The Morgan fingerprint density at radius 3 is 2.45 bits per heavy atom. The molecule has 0 saturated heterocycles. The van der Waals surface area contributed by atoms with E-state index in [1.165, 1.54) is 5.56 Å². The van der Waals surface area contributed by atoms with E-state index in [0.717, 1.165) is 10.8 Å². The van der Waals surface area contributed by atoms with Crippen molar-refractivity contribution in [2.24, 2.45) is 0 Å². The van der Waals surface area contributed by atoms with Crippen LogP contribution in [0, 0.1) is 0 Å². The molecule has 1 heterocycles. The van der Waals surface area contributed by atoms with E-state index in [0.29, 0.717) is 12.1 Å². The largest absolute Gasteiger partial charge is 0.351 e. The van der Waals surface area contributed by atoms with Crippen LogP contribution in [0.4, 0.5) is 0 Å². The van der Waals surface area contributed by atoms with Gasteiger partial charge in [0.05, 0.1) is 5.03 Å². The first-order chi connectivity index (χ1) is 10.5. The van der Waals surface area contributed by atoms with Gasteiger partial charge in [-0.05, 0) is 35.2 Å². The summed E-state index contributed by atoms with van der Waals surface area (Å²) in [7, 11) is 0. The number of carbonyl (C=O) groups excluding carboxylic acids is 1. The topological polar surface area (TPSA) is 42.0 Å². The van der Waals surface area contributed by atoms with E-state index in [1.807, 2.05) is 42.5 Å². The highest BCUT2D eigenvalue weighted by atomic mass is 32.2. The van der Waals surface area contributed by atoms with Gasteiger partial charge in [0.25, 0.3) is 5.91 Å². The molecule has 0 bridgehead atoms. The SMILES string of the molecule is CC(C)(C)c1ccc(C(=O)NCCSc2ccccn2)cc1. The Morgan fingerprint density at radius 1 is 1.14 bits per heavy atom. The zero-order chi connectivity index (χ0) is 16.0. The van der Waals surface area contributed by atoms with E-state index < -0.39 is 0 Å². The van der Waals surface area contributed by atoms with Gasteiger partial charge >= 0.3 is 0 Å². The molecule has 22 heavy (non-hydrogen) atoms. The summed E-state index contributed by atoms with van der Waals surface area (Å²) in [6, 6.07) is 13.7. The summed E-state index contributed by atoms with van der Waals surface area (Å²) < 4.78 is 0. The number of aromatic nitrogens is 1. The predicted molar refractivity (Wildman–Crippen MR) is 92.4 cm³/mol. The number of pyridine rings is 1. The van der Waals surface area contributed by atoms with Crippen LogP contribution in [0.1, 0.15) is 36.7 Å². The maximum Gasteiger partial charge on any atom is 0.251 e. The van der Waals surface area contributed by atoms with Crippen LogP contribution in [0.15, 0.2) is 53.7 Å². The molecule has 0 spiro atoms. The minimum atomic E-state index is -0.0259. The second-order valence-electron chi connectivity index (χ2n) is 6.10. The maximum absolute atomic E-state index is 12.1. The van der Waals surface area contributed by atoms with Gasteiger partial charge in [-0.25, -0.2) is 4.98 Å². The zero-order valence-corrected chi connectivity index (χ0v) is 14.1. The molecular formula is C18H22N2OS. The Bertz CT molecular complexity index is 603. The number of hydrogen-bond donors (Lipinski definition) is 1. The molecule has 1 amide bonds. The first kappa shape index (κ1) is 16.6. The second kappa shape index (κ2) is 7.45. The summed E-state index contributed by atoms with van der Waals surface area (Å²) in [6.45, 7) is 7.12. The second-order valence-corrected chi connectivity index (χ2v) is 7.21. The number of amides is 1. The normalized spacial score (nSPS) is 11.2. The van der Waals surface area contributed by atoms with E-state index in [9.17, 15) is 4.79 Å². The average Bonchev–Trinajstić information content (AvgIpc) is 2.52. The molecule has 0 aliphatic heterocycles. The standard InChI is InChI=1S/C18H22N2OS/c1-18(2,3)15-9-7-14(8-10-15)17(21)20-12-13-22-16-6-4-5-11-19-16/h4-11H,12-13H2,1-3H3,(H,20,21). The van der Waals surface area contributed by atoms with Crippen LogP contribution >= 0.6 is 11.8 Å². The van der Waals surface area contributed by atoms with E-state index in [-0.39, 0.29) is 11.3 Å². The number of nitrogens with zero attached hydrogens (tertiary/aromatic N) is 1. The third kappa shape index (κ3) is 4.88. The van der Waals surface area contributed by atoms with Gasteiger partial charge in [0, 0.05) is 24.1 Å². The summed E-state index contributed by atoms with van der Waals surface area (Å²) in [5, 5.41) is 3.92. The quantitative estimate of drug-likeness (QED) is 0.672. The van der Waals surface area contributed by atoms with E-state index in [1.54, 1.807) is 18.0 Å². The van der Waals surface area contributed by atoms with Gasteiger partial charge in [0.1, 0.15) is 0 Å². The Balaban J connectivity index is 1.80. The lowest BCUT2D eigenvalue weighted by molar-refractivity contribution is 0.0956. The maximum atomic E-state index is 12.1. The van der Waals surface area contributed by atoms with Crippen LogP contribution in [-0.2, 0) is 5.41 Å². The van der Waals surface area contributed by atoms with E-state index >= 15 is 0 Å². The third-order valence-electron chi connectivity index (χ3n) is 3.29. The smallest absolute Gasteiger partial charge is 0.251 e. The van der Waals surface area contributed by atoms with Gasteiger partial charge in [-0.2, -0.15) is 0 Å². The molecule has 2 aromatic rings. The average molecular weight is 314 g/mol. The summed E-state index contributed by atoms with van der Waals surface area (Å²) in [5.41, 5.74) is 2.04. The molecule has 3 nitrogen and oxygen atoms in total. The lowest BCUT2D eigenvalue weighted by Gasteiger charge is -2.19. The highest BCUT2D eigenvalue weighted by molar-refractivity contribution is 7.99. The summed E-state index contributed by atoms with van der Waals surface area (Å²) in [4.78, 5) is 16.3. The third-order valence-corrected chi connectivity index (χ3v) is 4.23. The minimum absolute atomic E-state index is 0.0259. The molecule has 0 radical (unpaired) electrons. The first-order valence-corrected chi connectivity index (χ1v) is 8.38. The van der Waals surface area contributed by atoms with Crippen molar-refractivity contribution in [2.45, 2.75) is 31.2 Å². The van der Waals surface area contributed by atoms with Gasteiger partial charge < -0.3 is 5.32 Å². The Hall–Kier alpha value is -1.81. The predicted octanol–water partition coefficient (Wildman–Crippen LogP) is 3.90. The van der Waals surface area contributed by atoms with Crippen LogP contribution in [0.25, 0.3) is 0 Å². The molecule has 0 aliphatic carbocycles. The Kier molecular flexibility index (Phi) is 5.61. The Labute approximate surface area is 136 Å². The fraction of sp³-hybridized carbons (Fsp3) is 0.333. The summed E-state index contributed by atoms with van der Waals surface area (Å²) in [6.07, 6.45) is 1.78. The van der Waals surface area contributed by atoms with Gasteiger partial charge in [-0.1, -0.05) is 39.0 Å². The van der Waals surface area contributed by atoms with Gasteiger partial charge in [-0.3, -0.25) is 4.79 Å². The number of nitrogens with one attached hydrogen (secondary N) is 1. The van der Waals surface area contributed by atoms with Crippen LogP contribution in [0.3, 0.4) is 0 Å². The van der Waals surface area contributed by atoms with Crippen LogP contribution in [-0.4, -0.2) is 23.2 Å². The molecule has 0 unspecified atom stereocenters. The molecular weight excluding hydrogens is 292 g/mol. The first-order valence-electron chi connectivity index (χ1n) is 7.39. The lowest BCUT2D eigenvalue weighted by Crippen LogP contribution is -2.25. The van der Waals surface area contributed by atoms with Gasteiger partial charge in [0.15, 0.2) is 0 Å². The highest BCUT2D eigenvalue weighted by Gasteiger charge is 2.14. The zero-order valence-electron chi connectivity index (χ0n) is 13.3. The van der Waals surface area contributed by atoms with Crippen molar-refractivity contribution in [3.63, 3.8) is 0 Å². The number of carbonyl (C=O) groups is 1. The fourth-order valence-electron chi connectivity index (χ4n) is 1.98. The van der Waals surface area contributed by atoms with Gasteiger partial charge in [0.2, 0.25) is 0 Å². The van der Waals surface area contributed by atoms with E-state index in [2.05, 4.69) is 31.1 Å². The Morgan fingerprint density at radius 2 is 1.86 bits per heavy atom. The molecule has 0 saturated carbocycles. The molecule has 4 heteroatoms. The van der Waals surface area contributed by atoms with Crippen molar-refractivity contribution in [1.29, 1.82) is 0 Å². The number of rotatable bonds is 5. The van der Waals surface area contributed by atoms with Crippen molar-refractivity contribution in [2.75, 3.05) is 12.3 Å². The molecule has 0 aliphatic rings. The number of hydrogen-bond acceptors (Lipinski definition) is 3. The van der Waals surface area contributed by atoms with Crippen molar-refractivity contribution in [1.82, 2.24) is 10.3 Å². The molecule has 116 valence electrons. The molecule has 0 atom stereocenters. The monoisotopic (exact) mass is 314 g/mol. The number of thioether (sulfide) groups is 1. The van der Waals surface area contributed by atoms with Crippen molar-refractivity contribution in [3.8, 4) is 0 Å². The van der Waals surface area contributed by atoms with Gasteiger partial charge in [-0.15, -0.1) is 11.8 Å². The summed E-state index contributed by atoms with van der Waals surface area (Å²) in [5.74, 6) is 0.783. The van der Waals surface area contributed by atoms with Crippen LogP contribution in [0.2, 0.25) is 0 Å². The molecule has 1 N–H and O–H groups in total. The van der Waals surface area contributed by atoms with Crippen molar-refractivity contribution >= 4 is 17.7 Å². The molecule has 1 aromatic heterocycles. The molecule has 0 fully saturated rings. The number of benzene rings is 1. The highest BCUT2D eigenvalue weighted by Crippen LogP contribution is 2.22. The van der Waals surface area contributed by atoms with Crippen LogP contribution < -0.4 is 5.32 Å². The minimum Gasteiger partial charge on any atom is -0.351 e. The fourth-order valence-corrected chi connectivity index (χ4v) is 2.70. The van der Waals surface area contributed by atoms with Crippen LogP contribution in [0.5, 0.6) is 0 Å². The lowest BCUT2D eigenvalue weighted by atomic mass is 9.87. The van der Waals surface area contributed by atoms with Crippen molar-refractivity contribution in [3.05, 3.63) is 59.8 Å².